The number of halogens is 1. The van der Waals surface area contributed by atoms with Crippen LogP contribution >= 0.6 is 11.6 Å². The molecule has 0 unspecified atom stereocenters. The predicted molar refractivity (Wildman–Crippen MR) is 96.3 cm³/mol. The number of anilines is 2. The van der Waals surface area contributed by atoms with Crippen molar-refractivity contribution in [2.45, 2.75) is 19.9 Å². The summed E-state index contributed by atoms with van der Waals surface area (Å²) in [6.45, 7) is 2.12. The molecule has 3 rings (SSSR count). The standard InChI is InChI=1S/C18H18ClN3O2/c1-12(23)8-9-22-17-7-6-15(24-2)11-16(17)18(21-22)20-14-5-3-4-13(19)10-14/h3-7,10-11H,8-9H2,1-2H3,(H,20,21). The number of carbonyl (C=O) groups excluding carboxylic acids is 1. The van der Waals surface area contributed by atoms with E-state index in [4.69, 9.17) is 16.3 Å². The average Bonchev–Trinajstić information content (AvgIpc) is 2.90. The summed E-state index contributed by atoms with van der Waals surface area (Å²) in [5.74, 6) is 1.59. The smallest absolute Gasteiger partial charge is 0.160 e. The SMILES string of the molecule is COc1ccc2c(c1)c(Nc1cccc(Cl)c1)nn2CCC(C)=O. The lowest BCUT2D eigenvalue weighted by Gasteiger charge is -2.04. The van der Waals surface area contributed by atoms with Gasteiger partial charge in [0.05, 0.1) is 12.6 Å². The summed E-state index contributed by atoms with van der Waals surface area (Å²) in [6, 6.07) is 13.2. The lowest BCUT2D eigenvalue weighted by molar-refractivity contribution is -0.117. The Labute approximate surface area is 145 Å². The van der Waals surface area contributed by atoms with Gasteiger partial charge >= 0.3 is 0 Å². The molecule has 0 fully saturated rings. The molecule has 0 radical (unpaired) electrons. The minimum absolute atomic E-state index is 0.136. The highest BCUT2D eigenvalue weighted by molar-refractivity contribution is 6.30. The molecule has 1 aromatic heterocycles. The molecule has 5 nitrogen and oxygen atoms in total. The molecule has 124 valence electrons. The van der Waals surface area contributed by atoms with E-state index in [0.29, 0.717) is 23.8 Å². The van der Waals surface area contributed by atoms with Crippen LogP contribution in [-0.4, -0.2) is 22.7 Å². The van der Waals surface area contributed by atoms with Gasteiger partial charge in [-0.15, -0.1) is 0 Å². The average molecular weight is 344 g/mol. The van der Waals surface area contributed by atoms with Crippen LogP contribution in [0.4, 0.5) is 11.5 Å². The molecular formula is C18H18ClN3O2. The first-order valence-electron chi connectivity index (χ1n) is 7.63. The van der Waals surface area contributed by atoms with E-state index >= 15 is 0 Å². The number of ketones is 1. The maximum Gasteiger partial charge on any atom is 0.160 e. The fraction of sp³-hybridized carbons (Fsp3) is 0.222. The van der Waals surface area contributed by atoms with Crippen LogP contribution in [-0.2, 0) is 11.3 Å². The number of ether oxygens (including phenoxy) is 1. The van der Waals surface area contributed by atoms with Gasteiger partial charge in [0.2, 0.25) is 0 Å². The zero-order valence-corrected chi connectivity index (χ0v) is 14.3. The van der Waals surface area contributed by atoms with Gasteiger partial charge in [-0.25, -0.2) is 0 Å². The Morgan fingerprint density at radius 1 is 1.29 bits per heavy atom. The highest BCUT2D eigenvalue weighted by atomic mass is 35.5. The second kappa shape index (κ2) is 6.93. The van der Waals surface area contributed by atoms with Crippen molar-refractivity contribution in [1.29, 1.82) is 0 Å². The molecule has 0 spiro atoms. The number of methoxy groups -OCH3 is 1. The molecular weight excluding hydrogens is 326 g/mol. The molecule has 0 aliphatic heterocycles. The topological polar surface area (TPSA) is 56.1 Å². The second-order valence-corrected chi connectivity index (χ2v) is 5.98. The van der Waals surface area contributed by atoms with Crippen molar-refractivity contribution in [2.24, 2.45) is 0 Å². The van der Waals surface area contributed by atoms with Crippen LogP contribution in [0.3, 0.4) is 0 Å². The number of aryl methyl sites for hydroxylation is 1. The Balaban J connectivity index is 2.02. The summed E-state index contributed by atoms with van der Waals surface area (Å²) in [5, 5.41) is 9.49. The van der Waals surface area contributed by atoms with Gasteiger partial charge in [-0.05, 0) is 43.3 Å². The molecule has 1 N–H and O–H groups in total. The number of benzene rings is 2. The van der Waals surface area contributed by atoms with Crippen molar-refractivity contribution in [1.82, 2.24) is 9.78 Å². The molecule has 0 saturated heterocycles. The summed E-state index contributed by atoms with van der Waals surface area (Å²) in [6.07, 6.45) is 0.444. The molecule has 6 heteroatoms. The van der Waals surface area contributed by atoms with Crippen molar-refractivity contribution >= 4 is 39.8 Å². The van der Waals surface area contributed by atoms with E-state index in [1.807, 2.05) is 47.1 Å². The summed E-state index contributed by atoms with van der Waals surface area (Å²) in [4.78, 5) is 11.3. The van der Waals surface area contributed by atoms with Gasteiger partial charge in [0.1, 0.15) is 11.5 Å². The van der Waals surface area contributed by atoms with Crippen LogP contribution < -0.4 is 10.1 Å². The van der Waals surface area contributed by atoms with Crippen LogP contribution in [0, 0.1) is 0 Å². The lowest BCUT2D eigenvalue weighted by atomic mass is 10.2. The van der Waals surface area contributed by atoms with Crippen molar-refractivity contribution in [3.05, 3.63) is 47.5 Å². The van der Waals surface area contributed by atoms with Crippen molar-refractivity contribution < 1.29 is 9.53 Å². The Kier molecular flexibility index (Phi) is 4.71. The van der Waals surface area contributed by atoms with E-state index in [1.54, 1.807) is 14.0 Å². The highest BCUT2D eigenvalue weighted by Gasteiger charge is 2.12. The van der Waals surface area contributed by atoms with Gasteiger partial charge < -0.3 is 10.1 Å². The Bertz CT molecular complexity index is 889. The Morgan fingerprint density at radius 3 is 2.83 bits per heavy atom. The molecule has 0 atom stereocenters. The van der Waals surface area contributed by atoms with Crippen LogP contribution in [0.25, 0.3) is 10.9 Å². The van der Waals surface area contributed by atoms with Gasteiger partial charge in [0.25, 0.3) is 0 Å². The summed E-state index contributed by atoms with van der Waals surface area (Å²) in [5.41, 5.74) is 1.80. The van der Waals surface area contributed by atoms with Gasteiger partial charge in [0, 0.05) is 29.1 Å². The molecule has 0 saturated carbocycles. The third kappa shape index (κ3) is 3.51. The van der Waals surface area contributed by atoms with E-state index in [0.717, 1.165) is 22.3 Å². The lowest BCUT2D eigenvalue weighted by Crippen LogP contribution is -2.04. The normalized spacial score (nSPS) is 10.8. The van der Waals surface area contributed by atoms with E-state index in [1.165, 1.54) is 0 Å². The number of fused-ring (bicyclic) bond motifs is 1. The third-order valence-corrected chi connectivity index (χ3v) is 3.96. The van der Waals surface area contributed by atoms with Crippen molar-refractivity contribution in [2.75, 3.05) is 12.4 Å². The maximum atomic E-state index is 11.3. The monoisotopic (exact) mass is 343 g/mol. The number of rotatable bonds is 6. The van der Waals surface area contributed by atoms with Crippen LogP contribution in [0.1, 0.15) is 13.3 Å². The van der Waals surface area contributed by atoms with E-state index in [9.17, 15) is 4.79 Å². The molecule has 0 amide bonds. The molecule has 0 aliphatic carbocycles. The zero-order chi connectivity index (χ0) is 17.1. The van der Waals surface area contributed by atoms with Crippen LogP contribution in [0.2, 0.25) is 5.02 Å². The first kappa shape index (κ1) is 16.3. The largest absolute Gasteiger partial charge is 0.497 e. The minimum atomic E-state index is 0.136. The van der Waals surface area contributed by atoms with Crippen LogP contribution in [0.15, 0.2) is 42.5 Å². The number of hydrogen-bond donors (Lipinski definition) is 1. The van der Waals surface area contributed by atoms with Gasteiger partial charge in [-0.3, -0.25) is 9.48 Å². The number of Topliss-reactive ketones (excluding diaryl/α,β-unsaturated/α-hetero) is 1. The molecule has 24 heavy (non-hydrogen) atoms. The highest BCUT2D eigenvalue weighted by Crippen LogP contribution is 2.30. The first-order chi connectivity index (χ1) is 11.6. The molecule has 3 aromatic rings. The first-order valence-corrected chi connectivity index (χ1v) is 8.01. The van der Waals surface area contributed by atoms with Crippen LogP contribution in [0.5, 0.6) is 5.75 Å². The number of aromatic nitrogens is 2. The molecule has 2 aromatic carbocycles. The molecule has 0 bridgehead atoms. The summed E-state index contributed by atoms with van der Waals surface area (Å²) < 4.78 is 7.15. The molecule has 1 heterocycles. The van der Waals surface area contributed by atoms with Gasteiger partial charge in [-0.1, -0.05) is 17.7 Å². The van der Waals surface area contributed by atoms with E-state index < -0.39 is 0 Å². The fourth-order valence-electron chi connectivity index (χ4n) is 2.51. The fourth-order valence-corrected chi connectivity index (χ4v) is 2.70. The minimum Gasteiger partial charge on any atom is -0.497 e. The maximum absolute atomic E-state index is 11.3. The second-order valence-electron chi connectivity index (χ2n) is 5.54. The summed E-state index contributed by atoms with van der Waals surface area (Å²) >= 11 is 6.04. The molecule has 0 aliphatic rings. The number of carbonyl (C=O) groups is 1. The number of nitrogens with zero attached hydrogens (tertiary/aromatic N) is 2. The quantitative estimate of drug-likeness (QED) is 0.719. The van der Waals surface area contributed by atoms with E-state index in [-0.39, 0.29) is 5.78 Å². The Hall–Kier alpha value is -2.53. The third-order valence-electron chi connectivity index (χ3n) is 3.72. The van der Waals surface area contributed by atoms with Gasteiger partial charge in [-0.2, -0.15) is 5.10 Å². The number of nitrogens with one attached hydrogen (secondary N) is 1. The van der Waals surface area contributed by atoms with Crippen molar-refractivity contribution in [3.63, 3.8) is 0 Å². The predicted octanol–water partition coefficient (Wildman–Crippen LogP) is 4.42. The van der Waals surface area contributed by atoms with Gasteiger partial charge in [0.15, 0.2) is 5.82 Å². The zero-order valence-electron chi connectivity index (χ0n) is 13.5. The number of hydrogen-bond acceptors (Lipinski definition) is 4. The Morgan fingerprint density at radius 2 is 2.12 bits per heavy atom. The van der Waals surface area contributed by atoms with Crippen molar-refractivity contribution in [3.8, 4) is 5.75 Å². The van der Waals surface area contributed by atoms with E-state index in [2.05, 4.69) is 10.4 Å². The summed E-state index contributed by atoms with van der Waals surface area (Å²) in [7, 11) is 1.63.